The largest absolute Gasteiger partial charge is 0.492 e. The molecule has 15 nitrogen and oxygen atoms in total. The van der Waals surface area contributed by atoms with Gasteiger partial charge in [-0.15, -0.1) is 6.58 Å². The number of aromatic nitrogens is 1. The van der Waals surface area contributed by atoms with Crippen molar-refractivity contribution in [2.75, 3.05) is 52.6 Å². The van der Waals surface area contributed by atoms with Crippen molar-refractivity contribution < 1.29 is 42.6 Å². The number of aliphatic hydroxyl groups is 2. The summed E-state index contributed by atoms with van der Waals surface area (Å²) in [7, 11) is -4.34. The maximum Gasteiger partial charge on any atom is 0.269 e. The van der Waals surface area contributed by atoms with Crippen LogP contribution in [0.25, 0.3) is 10.9 Å². The van der Waals surface area contributed by atoms with Crippen molar-refractivity contribution in [3.05, 3.63) is 125 Å². The fourth-order valence-electron chi connectivity index (χ4n) is 10.3. The lowest BCUT2D eigenvalue weighted by Crippen LogP contribution is -2.70. The summed E-state index contributed by atoms with van der Waals surface area (Å²) in [4.78, 5) is 24.1. The first-order valence-electron chi connectivity index (χ1n) is 23.3. The lowest BCUT2D eigenvalue weighted by atomic mass is 9.55. The number of pyridine rings is 1. The van der Waals surface area contributed by atoms with E-state index in [4.69, 9.17) is 24.2 Å². The number of nitro benzene ring substituents is 1. The zero-order valence-corrected chi connectivity index (χ0v) is 38.4. The van der Waals surface area contributed by atoms with E-state index in [1.165, 1.54) is 16.4 Å². The molecule has 352 valence electrons. The molecule has 0 unspecified atom stereocenters. The van der Waals surface area contributed by atoms with Crippen LogP contribution in [0.3, 0.4) is 0 Å². The predicted octanol–water partition coefficient (Wildman–Crippen LogP) is 7.77. The Balaban J connectivity index is 1.33. The molecule has 1 saturated heterocycles. The van der Waals surface area contributed by atoms with E-state index in [0.29, 0.717) is 59.5 Å². The van der Waals surface area contributed by atoms with Gasteiger partial charge in [-0.1, -0.05) is 55.3 Å². The molecule has 16 heteroatoms. The van der Waals surface area contributed by atoms with E-state index in [1.807, 2.05) is 31.2 Å². The Kier molecular flexibility index (Phi) is 15.2. The normalized spacial score (nSPS) is 24.0. The molecule has 2 aliphatic heterocycles. The van der Waals surface area contributed by atoms with Crippen molar-refractivity contribution in [3.8, 4) is 11.5 Å². The molecule has 4 aromatic rings. The van der Waals surface area contributed by atoms with Crippen LogP contribution in [0, 0.1) is 27.9 Å². The first-order valence-corrected chi connectivity index (χ1v) is 24.7. The molecule has 66 heavy (non-hydrogen) atoms. The number of sulfonamides is 1. The molecule has 6 atom stereocenters. The first-order chi connectivity index (χ1) is 32.1. The van der Waals surface area contributed by atoms with Gasteiger partial charge in [-0.05, 0) is 97.5 Å². The summed E-state index contributed by atoms with van der Waals surface area (Å²) in [6.45, 7) is 9.71. The topological polar surface area (TPSA) is 186 Å². The maximum absolute atomic E-state index is 15.6. The summed E-state index contributed by atoms with van der Waals surface area (Å²) >= 11 is 0. The first kappa shape index (κ1) is 47.3. The number of fused-ring (bicyclic) bond motifs is 3. The molecule has 1 aromatic heterocycles. The van der Waals surface area contributed by atoms with E-state index in [-0.39, 0.29) is 67.7 Å². The molecule has 3 aromatic carbocycles. The van der Waals surface area contributed by atoms with Gasteiger partial charge in [0.1, 0.15) is 29.6 Å². The number of hydrogen-bond donors (Lipinski definition) is 2. The highest BCUT2D eigenvalue weighted by Gasteiger charge is 2.66. The Morgan fingerprint density at radius 3 is 2.55 bits per heavy atom. The van der Waals surface area contributed by atoms with E-state index in [1.54, 1.807) is 42.6 Å². The molecular formula is C50H61N5O10S. The predicted molar refractivity (Wildman–Crippen MR) is 251 cm³/mol. The van der Waals surface area contributed by atoms with Crippen molar-refractivity contribution in [2.24, 2.45) is 22.9 Å². The molecule has 2 N–H and O–H groups in total. The molecule has 8 rings (SSSR count). The SMILES string of the molecule is C=CCO[C@@]12Oc3ccc(OCCN4CC4)cc3[C@H]3[C@H](CCCCO)[C@@H](CCCCO)C=C(C(=NOCc4ccc([N+](=O)[O-])cc4)C[C@@H]1N(CCC)S(=O)(=O)c1cccc4cccnc14)[C@H]32. The highest BCUT2D eigenvalue weighted by atomic mass is 32.2. The van der Waals surface area contributed by atoms with Crippen molar-refractivity contribution in [3.63, 3.8) is 0 Å². The minimum Gasteiger partial charge on any atom is -0.492 e. The summed E-state index contributed by atoms with van der Waals surface area (Å²) in [5, 5.41) is 36.9. The van der Waals surface area contributed by atoms with Gasteiger partial charge >= 0.3 is 0 Å². The number of hydrogen-bond acceptors (Lipinski definition) is 13. The molecule has 0 spiro atoms. The van der Waals surface area contributed by atoms with Gasteiger partial charge in [0, 0.05) is 81.0 Å². The lowest BCUT2D eigenvalue weighted by molar-refractivity contribution is -0.384. The Bertz CT molecular complexity index is 2510. The zero-order chi connectivity index (χ0) is 46.3. The van der Waals surface area contributed by atoms with Gasteiger partial charge < -0.3 is 29.3 Å². The number of allylic oxidation sites excluding steroid dienone is 1. The quantitative estimate of drug-likeness (QED) is 0.0229. The number of non-ortho nitro benzene ring substituents is 1. The van der Waals surface area contributed by atoms with Gasteiger partial charge in [-0.3, -0.25) is 20.0 Å². The van der Waals surface area contributed by atoms with Crippen LogP contribution in [0.4, 0.5) is 5.69 Å². The average Bonchev–Trinajstić information content (AvgIpc) is 4.16. The second-order valence-electron chi connectivity index (χ2n) is 17.6. The Morgan fingerprint density at radius 1 is 1.05 bits per heavy atom. The van der Waals surface area contributed by atoms with E-state index >= 15 is 8.42 Å². The van der Waals surface area contributed by atoms with E-state index in [2.05, 4.69) is 28.6 Å². The number of aliphatic hydroxyl groups excluding tert-OH is 2. The fourth-order valence-corrected chi connectivity index (χ4v) is 12.2. The maximum atomic E-state index is 15.6. The number of unbranched alkanes of at least 4 members (excludes halogenated alkanes) is 2. The third-order valence-electron chi connectivity index (χ3n) is 13.4. The summed E-state index contributed by atoms with van der Waals surface area (Å²) in [5.74, 6) is -1.29. The molecule has 4 aliphatic rings. The number of para-hydroxylation sites is 1. The third kappa shape index (κ3) is 9.90. The van der Waals surface area contributed by atoms with E-state index in [9.17, 15) is 20.3 Å². The molecular weight excluding hydrogens is 863 g/mol. The number of ether oxygens (including phenoxy) is 3. The lowest BCUT2D eigenvalue weighted by Gasteiger charge is -2.59. The van der Waals surface area contributed by atoms with Crippen LogP contribution >= 0.6 is 0 Å². The molecule has 2 aliphatic carbocycles. The van der Waals surface area contributed by atoms with Gasteiger partial charge in [0.05, 0.1) is 34.7 Å². The van der Waals surface area contributed by atoms with Crippen LogP contribution in [-0.4, -0.2) is 108 Å². The summed E-state index contributed by atoms with van der Waals surface area (Å²) in [6.07, 6.45) is 10.3. The van der Waals surface area contributed by atoms with Gasteiger partial charge in [-0.25, -0.2) is 8.42 Å². The smallest absolute Gasteiger partial charge is 0.269 e. The molecule has 0 bridgehead atoms. The van der Waals surface area contributed by atoms with Crippen molar-refractivity contribution >= 4 is 32.3 Å². The summed E-state index contributed by atoms with van der Waals surface area (Å²) in [6, 6.07) is 19.8. The van der Waals surface area contributed by atoms with Crippen LogP contribution in [0.5, 0.6) is 11.5 Å². The van der Waals surface area contributed by atoms with E-state index in [0.717, 1.165) is 56.5 Å². The highest BCUT2D eigenvalue weighted by molar-refractivity contribution is 7.89. The van der Waals surface area contributed by atoms with Crippen LogP contribution in [0.2, 0.25) is 0 Å². The molecule has 0 amide bonds. The van der Waals surface area contributed by atoms with Gasteiger partial charge in [0.15, 0.2) is 0 Å². The van der Waals surface area contributed by atoms with Crippen LogP contribution in [0.15, 0.2) is 113 Å². The van der Waals surface area contributed by atoms with Crippen molar-refractivity contribution in [1.82, 2.24) is 14.2 Å². The molecule has 3 heterocycles. The highest BCUT2D eigenvalue weighted by Crippen LogP contribution is 2.62. The second-order valence-corrected chi connectivity index (χ2v) is 19.5. The minimum absolute atomic E-state index is 0.00422. The second kappa shape index (κ2) is 21.2. The number of rotatable bonds is 24. The van der Waals surface area contributed by atoms with Crippen LogP contribution in [0.1, 0.15) is 75.3 Å². The summed E-state index contributed by atoms with van der Waals surface area (Å²) in [5.41, 5.74) is 3.27. The average molecular weight is 924 g/mol. The number of nitrogens with zero attached hydrogens (tertiary/aromatic N) is 5. The molecule has 2 fully saturated rings. The fraction of sp³-hybridized carbons (Fsp3) is 0.480. The monoisotopic (exact) mass is 923 g/mol. The third-order valence-corrected chi connectivity index (χ3v) is 15.3. The Labute approximate surface area is 386 Å². The van der Waals surface area contributed by atoms with Crippen molar-refractivity contribution in [2.45, 2.75) is 87.5 Å². The molecule has 0 radical (unpaired) electrons. The minimum atomic E-state index is -4.34. The van der Waals surface area contributed by atoms with Gasteiger partial charge in [-0.2, -0.15) is 4.31 Å². The number of benzene rings is 3. The van der Waals surface area contributed by atoms with Crippen LogP contribution < -0.4 is 9.47 Å². The number of oxime groups is 1. The van der Waals surface area contributed by atoms with Gasteiger partial charge in [0.25, 0.3) is 5.69 Å². The number of nitro groups is 1. The standard InChI is InChI=1S/C50H61N5O10S/c1-3-23-54(66(60,61)45-15-9-12-36-13-10-22-51-49(36)45)46-33-43(52-64-34-35-16-18-38(19-17-35)55(58)59)41-31-37(11-5-7-27-56)40(14-6-8-28-57)47-42-32-39(62-30-26-53-24-25-53)20-21-44(42)65-50(46,48(41)47)63-29-4-2/h4,9-10,12-13,15-22,31-32,37,40,46-48,56-57H,2-3,5-8,11,14,23-30,33-34H2,1H3/t37-,40+,46-,47+,48+,50+/m0/s1. The van der Waals surface area contributed by atoms with E-state index < -0.39 is 32.7 Å². The Hall–Kier alpha value is -5.23. The Morgan fingerprint density at radius 2 is 1.82 bits per heavy atom. The van der Waals surface area contributed by atoms with Crippen LogP contribution in [-0.2, 0) is 26.2 Å². The van der Waals surface area contributed by atoms with Gasteiger partial charge in [0.2, 0.25) is 15.8 Å². The summed E-state index contributed by atoms with van der Waals surface area (Å²) < 4.78 is 53.6. The zero-order valence-electron chi connectivity index (χ0n) is 37.6. The molecule has 1 saturated carbocycles. The van der Waals surface area contributed by atoms with Crippen molar-refractivity contribution in [1.29, 1.82) is 0 Å².